The number of ether oxygens (including phenoxy) is 1. The van der Waals surface area contributed by atoms with Crippen molar-refractivity contribution in [2.75, 3.05) is 18.2 Å². The van der Waals surface area contributed by atoms with Crippen molar-refractivity contribution in [3.8, 4) is 5.75 Å². The number of halogens is 2. The highest BCUT2D eigenvalue weighted by atomic mass is 35.5. The fourth-order valence-corrected chi connectivity index (χ4v) is 2.63. The number of carbonyl (C=O) groups excluding carboxylic acids is 1. The van der Waals surface area contributed by atoms with Crippen molar-refractivity contribution in [2.24, 2.45) is 0 Å². The number of benzene rings is 2. The van der Waals surface area contributed by atoms with E-state index < -0.39 is 5.82 Å². The molecular weight excluding hydrogens is 313 g/mol. The van der Waals surface area contributed by atoms with E-state index in [1.165, 1.54) is 23.9 Å². The first kappa shape index (κ1) is 15.7. The third-order valence-electron chi connectivity index (χ3n) is 2.64. The molecule has 0 aliphatic heterocycles. The van der Waals surface area contributed by atoms with Crippen LogP contribution < -0.4 is 10.1 Å². The molecule has 0 spiro atoms. The minimum atomic E-state index is -0.473. The zero-order valence-corrected chi connectivity index (χ0v) is 12.8. The van der Waals surface area contributed by atoms with Crippen LogP contribution in [0.5, 0.6) is 5.75 Å². The molecule has 1 amide bonds. The first-order valence-corrected chi connectivity index (χ1v) is 7.47. The average molecular weight is 326 g/mol. The van der Waals surface area contributed by atoms with E-state index in [0.29, 0.717) is 11.4 Å². The lowest BCUT2D eigenvalue weighted by Gasteiger charge is -2.09. The van der Waals surface area contributed by atoms with E-state index in [-0.39, 0.29) is 16.7 Å². The minimum absolute atomic E-state index is 0.0464. The molecule has 21 heavy (non-hydrogen) atoms. The summed E-state index contributed by atoms with van der Waals surface area (Å²) in [6, 6.07) is 11.5. The van der Waals surface area contributed by atoms with Crippen molar-refractivity contribution >= 4 is 35.0 Å². The highest BCUT2D eigenvalue weighted by Crippen LogP contribution is 2.26. The van der Waals surface area contributed by atoms with Gasteiger partial charge in [0.05, 0.1) is 23.6 Å². The quantitative estimate of drug-likeness (QED) is 0.836. The zero-order valence-electron chi connectivity index (χ0n) is 11.2. The highest BCUT2D eigenvalue weighted by molar-refractivity contribution is 8.00. The minimum Gasteiger partial charge on any atom is -0.495 e. The topological polar surface area (TPSA) is 38.3 Å². The molecule has 110 valence electrons. The number of nitrogens with one attached hydrogen (secondary N) is 1. The van der Waals surface area contributed by atoms with E-state index >= 15 is 0 Å². The van der Waals surface area contributed by atoms with Crippen LogP contribution in [0.2, 0.25) is 5.02 Å². The van der Waals surface area contributed by atoms with Gasteiger partial charge >= 0.3 is 0 Å². The van der Waals surface area contributed by atoms with E-state index in [2.05, 4.69) is 5.32 Å². The molecule has 0 atom stereocenters. The van der Waals surface area contributed by atoms with Gasteiger partial charge in [0.25, 0.3) is 0 Å². The van der Waals surface area contributed by atoms with Crippen LogP contribution >= 0.6 is 23.4 Å². The number of hydrogen-bond donors (Lipinski definition) is 1. The Morgan fingerprint density at radius 3 is 2.81 bits per heavy atom. The number of anilines is 1. The normalized spacial score (nSPS) is 10.2. The Balaban J connectivity index is 1.94. The Morgan fingerprint density at radius 2 is 2.10 bits per heavy atom. The number of carbonyl (C=O) groups is 1. The fourth-order valence-electron chi connectivity index (χ4n) is 1.65. The van der Waals surface area contributed by atoms with E-state index in [9.17, 15) is 9.18 Å². The second-order valence-electron chi connectivity index (χ2n) is 4.11. The molecule has 0 heterocycles. The standard InChI is InChI=1S/C15H13ClFNO2S/c1-20-14-5-3-2-4-13(14)18-15(19)9-21-10-6-7-12(17)11(16)8-10/h2-8H,9H2,1H3,(H,18,19). The van der Waals surface area contributed by atoms with Crippen LogP contribution in [-0.2, 0) is 4.79 Å². The highest BCUT2D eigenvalue weighted by Gasteiger charge is 2.08. The van der Waals surface area contributed by atoms with Crippen LogP contribution in [0.3, 0.4) is 0 Å². The molecule has 0 bridgehead atoms. The summed E-state index contributed by atoms with van der Waals surface area (Å²) >= 11 is 6.97. The van der Waals surface area contributed by atoms with E-state index in [1.807, 2.05) is 12.1 Å². The Kier molecular flexibility index (Phi) is 5.47. The first-order chi connectivity index (χ1) is 10.1. The van der Waals surface area contributed by atoms with Crippen LogP contribution in [0.25, 0.3) is 0 Å². The van der Waals surface area contributed by atoms with Crippen molar-refractivity contribution in [1.29, 1.82) is 0 Å². The van der Waals surface area contributed by atoms with Crippen molar-refractivity contribution in [2.45, 2.75) is 4.90 Å². The van der Waals surface area contributed by atoms with Gasteiger partial charge in [0.15, 0.2) is 0 Å². The molecule has 3 nitrogen and oxygen atoms in total. The zero-order chi connectivity index (χ0) is 15.2. The molecule has 0 radical (unpaired) electrons. The maximum atomic E-state index is 13.0. The third-order valence-corrected chi connectivity index (χ3v) is 3.93. The maximum Gasteiger partial charge on any atom is 0.234 e. The molecule has 0 unspecified atom stereocenters. The fraction of sp³-hybridized carbons (Fsp3) is 0.133. The number of thioether (sulfide) groups is 1. The maximum absolute atomic E-state index is 13.0. The van der Waals surface area contributed by atoms with E-state index in [1.54, 1.807) is 25.3 Å². The lowest BCUT2D eigenvalue weighted by atomic mass is 10.3. The first-order valence-electron chi connectivity index (χ1n) is 6.11. The summed E-state index contributed by atoms with van der Waals surface area (Å²) in [5, 5.41) is 2.81. The number of rotatable bonds is 5. The van der Waals surface area contributed by atoms with Crippen LogP contribution in [0.4, 0.5) is 10.1 Å². The summed E-state index contributed by atoms with van der Waals surface area (Å²) in [5.74, 6) is 0.144. The summed E-state index contributed by atoms with van der Waals surface area (Å²) in [5.41, 5.74) is 0.614. The van der Waals surface area contributed by atoms with Crippen molar-refractivity contribution in [1.82, 2.24) is 0 Å². The largest absolute Gasteiger partial charge is 0.495 e. The van der Waals surface area contributed by atoms with Gasteiger partial charge < -0.3 is 10.1 Å². The number of methoxy groups -OCH3 is 1. The summed E-state index contributed by atoms with van der Waals surface area (Å²) in [7, 11) is 1.54. The second-order valence-corrected chi connectivity index (χ2v) is 5.57. The Hall–Kier alpha value is -1.72. The van der Waals surface area contributed by atoms with Crippen LogP contribution in [0, 0.1) is 5.82 Å². The summed E-state index contributed by atoms with van der Waals surface area (Å²) < 4.78 is 18.2. The van der Waals surface area contributed by atoms with E-state index in [4.69, 9.17) is 16.3 Å². The molecule has 2 aromatic rings. The molecular formula is C15H13ClFNO2S. The van der Waals surface area contributed by atoms with Gasteiger partial charge in [-0.1, -0.05) is 23.7 Å². The Morgan fingerprint density at radius 1 is 1.33 bits per heavy atom. The Labute approximate surface area is 131 Å². The molecule has 0 saturated carbocycles. The van der Waals surface area contributed by atoms with Gasteiger partial charge in [0.2, 0.25) is 5.91 Å². The predicted octanol–water partition coefficient (Wildman–Crippen LogP) is 4.22. The van der Waals surface area contributed by atoms with Crippen LogP contribution in [-0.4, -0.2) is 18.8 Å². The van der Waals surface area contributed by atoms with Gasteiger partial charge in [-0.2, -0.15) is 0 Å². The molecule has 0 aliphatic carbocycles. The molecule has 1 N–H and O–H groups in total. The van der Waals surface area contributed by atoms with Gasteiger partial charge in [-0.25, -0.2) is 4.39 Å². The van der Waals surface area contributed by atoms with Gasteiger partial charge in [-0.3, -0.25) is 4.79 Å². The summed E-state index contributed by atoms with van der Waals surface area (Å²) in [6.07, 6.45) is 0. The molecule has 0 fully saturated rings. The number of para-hydroxylation sites is 2. The second kappa shape index (κ2) is 7.33. The van der Waals surface area contributed by atoms with Gasteiger partial charge in [0, 0.05) is 4.90 Å². The molecule has 2 aromatic carbocycles. The van der Waals surface area contributed by atoms with Crippen LogP contribution in [0.15, 0.2) is 47.4 Å². The SMILES string of the molecule is COc1ccccc1NC(=O)CSc1ccc(F)c(Cl)c1. The molecule has 6 heteroatoms. The molecule has 2 rings (SSSR count). The van der Waals surface area contributed by atoms with Gasteiger partial charge in [0.1, 0.15) is 11.6 Å². The van der Waals surface area contributed by atoms with Crippen molar-refractivity contribution in [3.63, 3.8) is 0 Å². The van der Waals surface area contributed by atoms with Gasteiger partial charge in [-0.15, -0.1) is 11.8 Å². The average Bonchev–Trinajstić information content (AvgIpc) is 2.49. The van der Waals surface area contributed by atoms with Crippen molar-refractivity contribution in [3.05, 3.63) is 53.3 Å². The monoisotopic (exact) mass is 325 g/mol. The summed E-state index contributed by atoms with van der Waals surface area (Å²) in [6.45, 7) is 0. The lowest BCUT2D eigenvalue weighted by molar-refractivity contribution is -0.113. The third kappa shape index (κ3) is 4.37. The van der Waals surface area contributed by atoms with Crippen LogP contribution in [0.1, 0.15) is 0 Å². The van der Waals surface area contributed by atoms with Gasteiger partial charge in [-0.05, 0) is 30.3 Å². The molecule has 0 saturated heterocycles. The number of hydrogen-bond acceptors (Lipinski definition) is 3. The Bertz CT molecular complexity index is 651. The van der Waals surface area contributed by atoms with Crippen molar-refractivity contribution < 1.29 is 13.9 Å². The number of amides is 1. The molecule has 0 aromatic heterocycles. The predicted molar refractivity (Wildman–Crippen MR) is 83.8 cm³/mol. The lowest BCUT2D eigenvalue weighted by Crippen LogP contribution is -2.14. The summed E-state index contributed by atoms with van der Waals surface area (Å²) in [4.78, 5) is 12.6. The molecule has 0 aliphatic rings. The van der Waals surface area contributed by atoms with E-state index in [0.717, 1.165) is 4.90 Å². The smallest absolute Gasteiger partial charge is 0.234 e.